The Labute approximate surface area is 233 Å². The van der Waals surface area contributed by atoms with Crippen molar-refractivity contribution in [1.29, 1.82) is 0 Å². The molecule has 6 rings (SSSR count). The van der Waals surface area contributed by atoms with Crippen molar-refractivity contribution in [3.05, 3.63) is 81.3 Å². The van der Waals surface area contributed by atoms with Gasteiger partial charge >= 0.3 is 0 Å². The van der Waals surface area contributed by atoms with Crippen LogP contribution in [0.15, 0.2) is 63.8 Å². The molecule has 1 aliphatic rings. The highest BCUT2D eigenvalue weighted by molar-refractivity contribution is 7.13. The van der Waals surface area contributed by atoms with Gasteiger partial charge in [0.25, 0.3) is 11.8 Å². The quantitative estimate of drug-likeness (QED) is 0.281. The topological polar surface area (TPSA) is 106 Å². The Bertz CT molecular complexity index is 1610. The molecule has 1 N–H and O–H groups in total. The summed E-state index contributed by atoms with van der Waals surface area (Å²) in [5.41, 5.74) is 3.16. The summed E-state index contributed by atoms with van der Waals surface area (Å²) in [5, 5.41) is 16.3. The molecule has 9 nitrogen and oxygen atoms in total. The molecule has 1 aromatic carbocycles. The van der Waals surface area contributed by atoms with Crippen molar-refractivity contribution in [2.75, 3.05) is 18.4 Å². The Balaban J connectivity index is 1.09. The molecular weight excluding hydrogens is 532 g/mol. The Morgan fingerprint density at radius 2 is 1.87 bits per heavy atom. The van der Waals surface area contributed by atoms with Crippen LogP contribution in [-0.2, 0) is 7.05 Å². The largest absolute Gasteiger partial charge is 0.360 e. The molecule has 198 valence electrons. The number of nitrogens with one attached hydrogen (secondary N) is 1. The van der Waals surface area contributed by atoms with Crippen LogP contribution >= 0.6 is 22.7 Å². The highest BCUT2D eigenvalue weighted by Gasteiger charge is 2.31. The van der Waals surface area contributed by atoms with Crippen molar-refractivity contribution >= 4 is 40.3 Å². The van der Waals surface area contributed by atoms with Crippen LogP contribution in [0, 0.1) is 6.92 Å². The maximum absolute atomic E-state index is 13.4. The lowest BCUT2D eigenvalue weighted by molar-refractivity contribution is 0.0711. The number of anilines is 1. The summed E-state index contributed by atoms with van der Waals surface area (Å²) in [6.07, 6.45) is 1.55. The zero-order valence-corrected chi connectivity index (χ0v) is 23.1. The second kappa shape index (κ2) is 10.6. The zero-order chi connectivity index (χ0) is 26.9. The van der Waals surface area contributed by atoms with Crippen LogP contribution in [0.1, 0.15) is 50.4 Å². The number of likely N-dealkylation sites (tertiary alicyclic amines) is 1. The zero-order valence-electron chi connectivity index (χ0n) is 21.5. The molecule has 0 unspecified atom stereocenters. The Hall–Kier alpha value is -4.09. The highest BCUT2D eigenvalue weighted by atomic mass is 32.1. The molecule has 11 heteroatoms. The van der Waals surface area contributed by atoms with Crippen molar-refractivity contribution in [2.45, 2.75) is 25.7 Å². The van der Waals surface area contributed by atoms with Gasteiger partial charge in [-0.25, -0.2) is 4.98 Å². The van der Waals surface area contributed by atoms with E-state index in [1.165, 1.54) is 11.3 Å². The number of rotatable bonds is 6. The third kappa shape index (κ3) is 5.02. The summed E-state index contributed by atoms with van der Waals surface area (Å²) in [6, 6.07) is 15.4. The van der Waals surface area contributed by atoms with Gasteiger partial charge in [0.1, 0.15) is 34.2 Å². The number of aryl methyl sites for hydroxylation is 2. The van der Waals surface area contributed by atoms with Crippen LogP contribution in [-0.4, -0.2) is 49.7 Å². The van der Waals surface area contributed by atoms with E-state index in [2.05, 4.69) is 20.6 Å². The number of amides is 2. The molecule has 0 atom stereocenters. The minimum atomic E-state index is -0.262. The van der Waals surface area contributed by atoms with E-state index in [0.717, 1.165) is 34.0 Å². The number of aromatic nitrogens is 4. The Morgan fingerprint density at radius 1 is 1.08 bits per heavy atom. The smallest absolute Gasteiger partial charge is 0.276 e. The van der Waals surface area contributed by atoms with E-state index in [1.54, 1.807) is 35.4 Å². The average molecular weight is 559 g/mol. The standard InChI is InChI=1S/C28H26N6O3S2/c1-17-24(25(32-37-17)18-7-4-3-5-8-18)28(36)34-12-10-19(11-13-34)27-29-21(16-39-27)26(35)30-23-15-20(31-33(23)2)22-9-6-14-38-22/h3-9,14-16,19H,10-13H2,1-2H3,(H,30,35). The van der Waals surface area contributed by atoms with Gasteiger partial charge < -0.3 is 14.7 Å². The molecule has 0 bridgehead atoms. The van der Waals surface area contributed by atoms with Gasteiger partial charge in [-0.1, -0.05) is 41.6 Å². The average Bonchev–Trinajstić information content (AvgIpc) is 3.77. The van der Waals surface area contributed by atoms with Crippen LogP contribution in [0.2, 0.25) is 0 Å². The number of hydrogen-bond donors (Lipinski definition) is 1. The maximum Gasteiger partial charge on any atom is 0.276 e. The number of nitrogens with zero attached hydrogens (tertiary/aromatic N) is 5. The van der Waals surface area contributed by atoms with Crippen LogP contribution in [0.4, 0.5) is 5.82 Å². The molecule has 5 heterocycles. The van der Waals surface area contributed by atoms with Crippen molar-refractivity contribution < 1.29 is 14.1 Å². The minimum absolute atomic E-state index is 0.0663. The number of thiophene rings is 1. The van der Waals surface area contributed by atoms with E-state index in [1.807, 2.05) is 58.8 Å². The first-order chi connectivity index (χ1) is 19.0. The first kappa shape index (κ1) is 25.2. The lowest BCUT2D eigenvalue weighted by atomic mass is 9.96. The molecule has 1 fully saturated rings. The second-order valence-corrected chi connectivity index (χ2v) is 11.3. The third-order valence-electron chi connectivity index (χ3n) is 6.90. The van der Waals surface area contributed by atoms with Crippen LogP contribution in [0.25, 0.3) is 21.8 Å². The Kier molecular flexibility index (Phi) is 6.84. The number of piperidine rings is 1. The molecule has 0 aliphatic carbocycles. The van der Waals surface area contributed by atoms with Gasteiger partial charge in [-0.3, -0.25) is 14.3 Å². The number of carbonyl (C=O) groups excluding carboxylic acids is 2. The van der Waals surface area contributed by atoms with Crippen LogP contribution < -0.4 is 5.32 Å². The molecule has 0 radical (unpaired) electrons. The minimum Gasteiger partial charge on any atom is -0.360 e. The van der Waals surface area contributed by atoms with Crippen molar-refractivity contribution in [3.63, 3.8) is 0 Å². The first-order valence-corrected chi connectivity index (χ1v) is 14.4. The van der Waals surface area contributed by atoms with E-state index >= 15 is 0 Å². The number of carbonyl (C=O) groups is 2. The summed E-state index contributed by atoms with van der Waals surface area (Å²) in [4.78, 5) is 33.9. The van der Waals surface area contributed by atoms with Gasteiger partial charge in [-0.05, 0) is 31.2 Å². The molecule has 4 aromatic heterocycles. The SMILES string of the molecule is Cc1onc(-c2ccccc2)c1C(=O)N1CCC(c2nc(C(=O)Nc3cc(-c4cccs4)nn3C)cs2)CC1. The summed E-state index contributed by atoms with van der Waals surface area (Å²) < 4.78 is 7.06. The van der Waals surface area contributed by atoms with Gasteiger partial charge in [0.2, 0.25) is 0 Å². The summed E-state index contributed by atoms with van der Waals surface area (Å²) in [7, 11) is 1.80. The fraction of sp³-hybridized carbons (Fsp3) is 0.250. The van der Waals surface area contributed by atoms with Gasteiger partial charge in [0.05, 0.1) is 9.88 Å². The van der Waals surface area contributed by atoms with E-state index in [-0.39, 0.29) is 17.7 Å². The lowest BCUT2D eigenvalue weighted by Crippen LogP contribution is -2.38. The maximum atomic E-state index is 13.4. The number of thiazole rings is 1. The van der Waals surface area contributed by atoms with E-state index in [9.17, 15) is 9.59 Å². The number of benzene rings is 1. The van der Waals surface area contributed by atoms with E-state index < -0.39 is 0 Å². The van der Waals surface area contributed by atoms with Gasteiger partial charge in [0.15, 0.2) is 0 Å². The second-order valence-electron chi connectivity index (χ2n) is 9.44. The van der Waals surface area contributed by atoms with Gasteiger partial charge in [-0.15, -0.1) is 22.7 Å². The lowest BCUT2D eigenvalue weighted by Gasteiger charge is -2.31. The fourth-order valence-corrected chi connectivity index (χ4v) is 6.45. The molecular formula is C28H26N6O3S2. The normalized spacial score (nSPS) is 14.1. The summed E-state index contributed by atoms with van der Waals surface area (Å²) in [5.74, 6) is 1.00. The predicted molar refractivity (Wildman–Crippen MR) is 151 cm³/mol. The van der Waals surface area contributed by atoms with Crippen molar-refractivity contribution in [1.82, 2.24) is 24.8 Å². The summed E-state index contributed by atoms with van der Waals surface area (Å²) in [6.45, 7) is 2.98. The molecule has 0 spiro atoms. The molecule has 0 saturated carbocycles. The van der Waals surface area contributed by atoms with Crippen molar-refractivity contribution in [2.24, 2.45) is 7.05 Å². The van der Waals surface area contributed by atoms with E-state index in [0.29, 0.717) is 41.6 Å². The van der Waals surface area contributed by atoms with Gasteiger partial charge in [-0.2, -0.15) is 5.10 Å². The van der Waals surface area contributed by atoms with Crippen molar-refractivity contribution in [3.8, 4) is 21.8 Å². The highest BCUT2D eigenvalue weighted by Crippen LogP contribution is 2.33. The fourth-order valence-electron chi connectivity index (χ4n) is 4.79. The monoisotopic (exact) mass is 558 g/mol. The predicted octanol–water partition coefficient (Wildman–Crippen LogP) is 5.84. The van der Waals surface area contributed by atoms with E-state index in [4.69, 9.17) is 4.52 Å². The Morgan fingerprint density at radius 3 is 2.62 bits per heavy atom. The molecule has 5 aromatic rings. The molecule has 2 amide bonds. The van der Waals surface area contributed by atoms with Crippen LogP contribution in [0.5, 0.6) is 0 Å². The summed E-state index contributed by atoms with van der Waals surface area (Å²) >= 11 is 3.09. The van der Waals surface area contributed by atoms with Crippen LogP contribution in [0.3, 0.4) is 0 Å². The third-order valence-corrected chi connectivity index (χ3v) is 8.80. The molecule has 1 aliphatic heterocycles. The number of hydrogen-bond acceptors (Lipinski definition) is 8. The first-order valence-electron chi connectivity index (χ1n) is 12.6. The molecule has 1 saturated heterocycles. The molecule has 39 heavy (non-hydrogen) atoms. The van der Waals surface area contributed by atoms with Gasteiger partial charge in [0, 0.05) is 43.1 Å².